The Labute approximate surface area is 83.3 Å². The minimum Gasteiger partial charge on any atom is -0.385 e. The van der Waals surface area contributed by atoms with Crippen LogP contribution in [0.25, 0.3) is 0 Å². The fourth-order valence-electron chi connectivity index (χ4n) is 1.55. The Morgan fingerprint density at radius 3 is 2.86 bits per heavy atom. The van der Waals surface area contributed by atoms with E-state index in [4.69, 9.17) is 4.52 Å². The summed E-state index contributed by atoms with van der Waals surface area (Å²) in [7, 11) is 0. The van der Waals surface area contributed by atoms with Crippen molar-refractivity contribution in [1.29, 1.82) is 0 Å². The molecule has 1 heterocycles. The molecule has 1 saturated carbocycles. The Kier molecular flexibility index (Phi) is 2.54. The number of hydrogen-bond acceptors (Lipinski definition) is 4. The minimum atomic E-state index is -0.584. The average Bonchev–Trinajstić information content (AvgIpc) is 2.93. The SMILES string of the molecule is CCC(O)c1noc(C(C)C2CC2)n1. The van der Waals surface area contributed by atoms with E-state index >= 15 is 0 Å². The molecule has 78 valence electrons. The minimum absolute atomic E-state index is 0.348. The highest BCUT2D eigenvalue weighted by molar-refractivity contribution is 5.00. The third-order valence-corrected chi connectivity index (χ3v) is 2.86. The zero-order chi connectivity index (χ0) is 10.1. The van der Waals surface area contributed by atoms with Gasteiger partial charge in [0.25, 0.3) is 0 Å². The lowest BCUT2D eigenvalue weighted by atomic mass is 10.1. The molecule has 0 bridgehead atoms. The molecule has 0 spiro atoms. The van der Waals surface area contributed by atoms with E-state index in [1.807, 2.05) is 6.92 Å². The molecule has 1 aliphatic carbocycles. The Morgan fingerprint density at radius 1 is 1.57 bits per heavy atom. The lowest BCUT2D eigenvalue weighted by Crippen LogP contribution is -2.00. The Hall–Kier alpha value is -0.900. The van der Waals surface area contributed by atoms with Gasteiger partial charge in [0.2, 0.25) is 5.89 Å². The highest BCUT2D eigenvalue weighted by Gasteiger charge is 2.32. The van der Waals surface area contributed by atoms with E-state index in [2.05, 4.69) is 17.1 Å². The van der Waals surface area contributed by atoms with Gasteiger partial charge in [-0.15, -0.1) is 0 Å². The van der Waals surface area contributed by atoms with E-state index in [1.165, 1.54) is 12.8 Å². The van der Waals surface area contributed by atoms with Crippen molar-refractivity contribution in [3.05, 3.63) is 11.7 Å². The predicted molar refractivity (Wildman–Crippen MR) is 50.7 cm³/mol. The summed E-state index contributed by atoms with van der Waals surface area (Å²) in [6.07, 6.45) is 2.56. The summed E-state index contributed by atoms with van der Waals surface area (Å²) in [6.45, 7) is 4.00. The number of nitrogens with zero attached hydrogens (tertiary/aromatic N) is 2. The highest BCUT2D eigenvalue weighted by atomic mass is 16.5. The van der Waals surface area contributed by atoms with E-state index in [0.717, 1.165) is 0 Å². The van der Waals surface area contributed by atoms with Gasteiger partial charge in [0, 0.05) is 5.92 Å². The lowest BCUT2D eigenvalue weighted by Gasteiger charge is -2.02. The molecule has 4 heteroatoms. The molecule has 1 aliphatic rings. The summed E-state index contributed by atoms with van der Waals surface area (Å²) in [5.41, 5.74) is 0. The van der Waals surface area contributed by atoms with E-state index in [0.29, 0.717) is 30.0 Å². The summed E-state index contributed by atoms with van der Waals surface area (Å²) >= 11 is 0. The molecule has 0 amide bonds. The van der Waals surface area contributed by atoms with E-state index in [-0.39, 0.29) is 0 Å². The van der Waals surface area contributed by atoms with Crippen LogP contribution < -0.4 is 0 Å². The van der Waals surface area contributed by atoms with Crippen LogP contribution in [0.3, 0.4) is 0 Å². The van der Waals surface area contributed by atoms with Gasteiger partial charge >= 0.3 is 0 Å². The van der Waals surface area contributed by atoms with Gasteiger partial charge in [-0.25, -0.2) is 0 Å². The normalized spacial score (nSPS) is 20.8. The largest absolute Gasteiger partial charge is 0.385 e. The number of aliphatic hydroxyl groups excluding tert-OH is 1. The van der Waals surface area contributed by atoms with Crippen LogP contribution in [0.15, 0.2) is 4.52 Å². The Bertz CT molecular complexity index is 307. The van der Waals surface area contributed by atoms with E-state index in [1.54, 1.807) is 0 Å². The fraction of sp³-hybridized carbons (Fsp3) is 0.800. The standard InChI is InChI=1S/C10H16N2O2/c1-3-8(13)9-11-10(14-12-9)6(2)7-4-5-7/h6-8,13H,3-5H2,1-2H3. The molecular formula is C10H16N2O2. The van der Waals surface area contributed by atoms with Gasteiger partial charge in [0.05, 0.1) is 0 Å². The van der Waals surface area contributed by atoms with E-state index in [9.17, 15) is 5.11 Å². The van der Waals surface area contributed by atoms with Crippen LogP contribution in [-0.2, 0) is 0 Å². The first kappa shape index (κ1) is 9.65. The third kappa shape index (κ3) is 1.80. The second-order valence-corrected chi connectivity index (χ2v) is 4.04. The molecule has 14 heavy (non-hydrogen) atoms. The van der Waals surface area contributed by atoms with Crippen LogP contribution in [0.5, 0.6) is 0 Å². The molecule has 4 nitrogen and oxygen atoms in total. The molecule has 0 saturated heterocycles. The van der Waals surface area contributed by atoms with Crippen molar-refractivity contribution in [3.63, 3.8) is 0 Å². The van der Waals surface area contributed by atoms with Gasteiger partial charge in [0.1, 0.15) is 6.10 Å². The summed E-state index contributed by atoms with van der Waals surface area (Å²) < 4.78 is 5.13. The van der Waals surface area contributed by atoms with Gasteiger partial charge in [-0.05, 0) is 25.2 Å². The number of aliphatic hydroxyl groups is 1. The Morgan fingerprint density at radius 2 is 2.29 bits per heavy atom. The first-order chi connectivity index (χ1) is 6.72. The molecule has 1 N–H and O–H groups in total. The Balaban J connectivity index is 2.08. The highest BCUT2D eigenvalue weighted by Crippen LogP contribution is 2.41. The molecule has 1 fully saturated rings. The van der Waals surface area contributed by atoms with Crippen LogP contribution in [0.1, 0.15) is 56.8 Å². The molecular weight excluding hydrogens is 180 g/mol. The molecule has 0 aliphatic heterocycles. The zero-order valence-electron chi connectivity index (χ0n) is 8.60. The molecule has 1 aromatic rings. The van der Waals surface area contributed by atoms with Crippen LogP contribution in [0.4, 0.5) is 0 Å². The van der Waals surface area contributed by atoms with Crippen molar-refractivity contribution in [3.8, 4) is 0 Å². The topological polar surface area (TPSA) is 59.2 Å². The van der Waals surface area contributed by atoms with Gasteiger partial charge in [-0.3, -0.25) is 0 Å². The molecule has 2 unspecified atom stereocenters. The fourth-order valence-corrected chi connectivity index (χ4v) is 1.55. The summed E-state index contributed by atoms with van der Waals surface area (Å²) in [6, 6.07) is 0. The summed E-state index contributed by atoms with van der Waals surface area (Å²) in [4.78, 5) is 4.21. The van der Waals surface area contributed by atoms with Crippen LogP contribution in [0.2, 0.25) is 0 Å². The zero-order valence-corrected chi connectivity index (χ0v) is 8.60. The van der Waals surface area contributed by atoms with Crippen molar-refractivity contribution in [2.24, 2.45) is 5.92 Å². The maximum absolute atomic E-state index is 9.49. The number of hydrogen-bond donors (Lipinski definition) is 1. The van der Waals surface area contributed by atoms with Crippen molar-refractivity contribution in [2.75, 3.05) is 0 Å². The van der Waals surface area contributed by atoms with Crippen LogP contribution >= 0.6 is 0 Å². The second-order valence-electron chi connectivity index (χ2n) is 4.04. The van der Waals surface area contributed by atoms with Gasteiger partial charge in [-0.2, -0.15) is 4.98 Å². The maximum atomic E-state index is 9.49. The first-order valence-corrected chi connectivity index (χ1v) is 5.24. The second kappa shape index (κ2) is 3.69. The van der Waals surface area contributed by atoms with Gasteiger partial charge in [-0.1, -0.05) is 19.0 Å². The van der Waals surface area contributed by atoms with Crippen LogP contribution in [0, 0.1) is 5.92 Å². The monoisotopic (exact) mass is 196 g/mol. The predicted octanol–water partition coefficient (Wildman–Crippen LogP) is 2.03. The number of rotatable bonds is 4. The van der Waals surface area contributed by atoms with Gasteiger partial charge < -0.3 is 9.63 Å². The van der Waals surface area contributed by atoms with Crippen molar-refractivity contribution in [1.82, 2.24) is 10.1 Å². The number of aromatic nitrogens is 2. The molecule has 1 aromatic heterocycles. The van der Waals surface area contributed by atoms with Gasteiger partial charge in [0.15, 0.2) is 5.82 Å². The summed E-state index contributed by atoms with van der Waals surface area (Å²) in [5, 5.41) is 13.3. The van der Waals surface area contributed by atoms with Crippen LogP contribution in [-0.4, -0.2) is 15.2 Å². The first-order valence-electron chi connectivity index (χ1n) is 5.24. The van der Waals surface area contributed by atoms with Crippen molar-refractivity contribution >= 4 is 0 Å². The summed E-state index contributed by atoms with van der Waals surface area (Å²) in [5.74, 6) is 2.16. The molecule has 2 rings (SSSR count). The lowest BCUT2D eigenvalue weighted by molar-refractivity contribution is 0.159. The average molecular weight is 196 g/mol. The van der Waals surface area contributed by atoms with E-state index < -0.39 is 6.10 Å². The van der Waals surface area contributed by atoms with Crippen molar-refractivity contribution in [2.45, 2.75) is 45.1 Å². The smallest absolute Gasteiger partial charge is 0.229 e. The quantitative estimate of drug-likeness (QED) is 0.800. The molecule has 2 atom stereocenters. The molecule has 0 radical (unpaired) electrons. The van der Waals surface area contributed by atoms with Crippen molar-refractivity contribution < 1.29 is 9.63 Å². The molecule has 0 aromatic carbocycles. The third-order valence-electron chi connectivity index (χ3n) is 2.86. The maximum Gasteiger partial charge on any atom is 0.229 e.